The molecule has 1 N–H and O–H groups in total. The summed E-state index contributed by atoms with van der Waals surface area (Å²) in [5, 5.41) is 6.28. The Morgan fingerprint density at radius 3 is 2.96 bits per heavy atom. The van der Waals surface area contributed by atoms with Gasteiger partial charge in [0.2, 0.25) is 0 Å². The van der Waals surface area contributed by atoms with E-state index >= 15 is 0 Å². The number of hydrogen-bond donors (Lipinski definition) is 1. The first kappa shape index (κ1) is 13.3. The Morgan fingerprint density at radius 1 is 1.12 bits per heavy atom. The molecule has 4 aromatic rings. The molecular weight excluding hydrogens is 310 g/mol. The Morgan fingerprint density at radius 2 is 2.04 bits per heavy atom. The molecule has 2 aromatic heterocycles. The lowest BCUT2D eigenvalue weighted by atomic mass is 9.84. The van der Waals surface area contributed by atoms with E-state index in [1.165, 1.54) is 38.8 Å². The highest BCUT2D eigenvalue weighted by atomic mass is 16.5. The molecule has 6 rings (SSSR count). The standard InChI is InChI=1S/C21H17N3O/c1-25-12-6-7-14-15-8-9-22-20-16-11-19(24(21(15)20)18(14)10-12)23-17-5-3-2-4-13(16)17/h2-10,16,19,23H,11H2,1H3/t16-,19+/m1/s1. The van der Waals surface area contributed by atoms with Crippen molar-refractivity contribution in [2.24, 2.45) is 0 Å². The molecule has 0 saturated carbocycles. The van der Waals surface area contributed by atoms with Gasteiger partial charge in [-0.25, -0.2) is 0 Å². The Balaban J connectivity index is 1.77. The molecule has 0 radical (unpaired) electrons. The number of anilines is 1. The Bertz CT molecular complexity index is 1160. The Labute approximate surface area is 145 Å². The Kier molecular flexibility index (Phi) is 2.41. The molecule has 0 spiro atoms. The molecule has 122 valence electrons. The van der Waals surface area contributed by atoms with Crippen LogP contribution in [0.3, 0.4) is 0 Å². The molecule has 2 bridgehead atoms. The van der Waals surface area contributed by atoms with Gasteiger partial charge >= 0.3 is 0 Å². The van der Waals surface area contributed by atoms with Crippen LogP contribution in [0.2, 0.25) is 0 Å². The van der Waals surface area contributed by atoms with Gasteiger partial charge in [-0.1, -0.05) is 18.2 Å². The van der Waals surface area contributed by atoms with E-state index in [0.717, 1.165) is 12.2 Å². The number of rotatable bonds is 1. The highest BCUT2D eigenvalue weighted by Crippen LogP contribution is 2.50. The number of pyridine rings is 1. The fourth-order valence-electron chi connectivity index (χ4n) is 4.66. The number of hydrogen-bond acceptors (Lipinski definition) is 3. The van der Waals surface area contributed by atoms with E-state index in [1.54, 1.807) is 7.11 Å². The van der Waals surface area contributed by atoms with Gasteiger partial charge < -0.3 is 14.6 Å². The summed E-state index contributed by atoms with van der Waals surface area (Å²) in [6.07, 6.45) is 3.22. The third-order valence-electron chi connectivity index (χ3n) is 5.71. The second-order valence-corrected chi connectivity index (χ2v) is 6.88. The van der Waals surface area contributed by atoms with Crippen molar-refractivity contribution in [3.8, 4) is 5.75 Å². The fraction of sp³-hybridized carbons (Fsp3) is 0.190. The maximum atomic E-state index is 5.48. The molecule has 2 aliphatic rings. The normalized spacial score (nSPS) is 20.4. The molecule has 2 aliphatic heterocycles. The van der Waals surface area contributed by atoms with Gasteiger partial charge in [0.05, 0.1) is 23.8 Å². The van der Waals surface area contributed by atoms with Crippen LogP contribution in [0.1, 0.15) is 29.8 Å². The number of fused-ring (bicyclic) bond motifs is 9. The molecule has 4 nitrogen and oxygen atoms in total. The fourth-order valence-corrected chi connectivity index (χ4v) is 4.66. The zero-order valence-corrected chi connectivity index (χ0v) is 13.9. The predicted octanol–water partition coefficient (Wildman–Crippen LogP) is 4.66. The number of ether oxygens (including phenoxy) is 1. The molecule has 0 amide bonds. The van der Waals surface area contributed by atoms with E-state index in [2.05, 4.69) is 52.3 Å². The van der Waals surface area contributed by atoms with Gasteiger partial charge in [-0.15, -0.1) is 0 Å². The molecule has 0 aliphatic carbocycles. The second-order valence-electron chi connectivity index (χ2n) is 6.88. The van der Waals surface area contributed by atoms with E-state index in [1.807, 2.05) is 12.3 Å². The van der Waals surface area contributed by atoms with Crippen LogP contribution in [0, 0.1) is 0 Å². The molecule has 4 heterocycles. The average Bonchev–Trinajstić information content (AvgIpc) is 3.00. The number of nitrogens with one attached hydrogen (secondary N) is 1. The summed E-state index contributed by atoms with van der Waals surface area (Å²) in [5.74, 6) is 1.24. The van der Waals surface area contributed by atoms with Crippen LogP contribution in [0.25, 0.3) is 21.8 Å². The van der Waals surface area contributed by atoms with E-state index < -0.39 is 0 Å². The van der Waals surface area contributed by atoms with Crippen LogP contribution in [0.15, 0.2) is 54.7 Å². The first-order chi connectivity index (χ1) is 12.3. The van der Waals surface area contributed by atoms with Crippen molar-refractivity contribution in [2.45, 2.75) is 18.5 Å². The molecule has 0 fully saturated rings. The van der Waals surface area contributed by atoms with Gasteiger partial charge in [-0.2, -0.15) is 0 Å². The molecule has 0 saturated heterocycles. The van der Waals surface area contributed by atoms with Crippen LogP contribution in [-0.4, -0.2) is 16.7 Å². The topological polar surface area (TPSA) is 39.1 Å². The molecule has 25 heavy (non-hydrogen) atoms. The molecule has 0 unspecified atom stereocenters. The summed E-state index contributed by atoms with van der Waals surface area (Å²) in [7, 11) is 1.72. The van der Waals surface area contributed by atoms with Gasteiger partial charge in [0.1, 0.15) is 11.9 Å². The number of aromatic nitrogens is 2. The maximum absolute atomic E-state index is 5.48. The minimum absolute atomic E-state index is 0.240. The summed E-state index contributed by atoms with van der Waals surface area (Å²) in [6.45, 7) is 0. The largest absolute Gasteiger partial charge is 0.497 e. The lowest BCUT2D eigenvalue weighted by Gasteiger charge is -2.38. The van der Waals surface area contributed by atoms with E-state index in [4.69, 9.17) is 9.72 Å². The van der Waals surface area contributed by atoms with Gasteiger partial charge in [0.15, 0.2) is 0 Å². The van der Waals surface area contributed by atoms with Crippen LogP contribution in [0.5, 0.6) is 5.75 Å². The second kappa shape index (κ2) is 4.54. The quantitative estimate of drug-likeness (QED) is 0.553. The zero-order chi connectivity index (χ0) is 16.5. The van der Waals surface area contributed by atoms with Gasteiger partial charge in [-0.3, -0.25) is 4.98 Å². The number of methoxy groups -OCH3 is 1. The highest BCUT2D eigenvalue weighted by Gasteiger charge is 2.37. The summed E-state index contributed by atoms with van der Waals surface area (Å²) in [5.41, 5.74) is 6.23. The van der Waals surface area contributed by atoms with E-state index in [-0.39, 0.29) is 6.17 Å². The number of nitrogens with zero attached hydrogens (tertiary/aromatic N) is 2. The third-order valence-corrected chi connectivity index (χ3v) is 5.71. The van der Waals surface area contributed by atoms with Crippen molar-refractivity contribution in [3.63, 3.8) is 0 Å². The van der Waals surface area contributed by atoms with Gasteiger partial charge in [0, 0.05) is 34.6 Å². The first-order valence-electron chi connectivity index (χ1n) is 8.67. The minimum atomic E-state index is 0.240. The molecule has 2 atom stereocenters. The van der Waals surface area contributed by atoms with Crippen LogP contribution in [-0.2, 0) is 0 Å². The van der Waals surface area contributed by atoms with Crippen molar-refractivity contribution >= 4 is 27.5 Å². The minimum Gasteiger partial charge on any atom is -0.497 e. The SMILES string of the molecule is COc1ccc2c3ccnc4c3n(c2c1)[C@H]1C[C@@H]4c2ccccc2N1. The summed E-state index contributed by atoms with van der Waals surface area (Å²) >= 11 is 0. The van der Waals surface area contributed by atoms with Crippen molar-refractivity contribution in [1.29, 1.82) is 0 Å². The summed E-state index contributed by atoms with van der Waals surface area (Å²) < 4.78 is 7.90. The molecular formula is C21H17N3O. The van der Waals surface area contributed by atoms with Crippen molar-refractivity contribution in [1.82, 2.24) is 9.55 Å². The third kappa shape index (κ3) is 1.59. The van der Waals surface area contributed by atoms with Crippen LogP contribution >= 0.6 is 0 Å². The first-order valence-corrected chi connectivity index (χ1v) is 8.67. The van der Waals surface area contributed by atoms with E-state index in [0.29, 0.717) is 5.92 Å². The predicted molar refractivity (Wildman–Crippen MR) is 99.4 cm³/mol. The average molecular weight is 327 g/mol. The zero-order valence-electron chi connectivity index (χ0n) is 13.9. The summed E-state index contributed by atoms with van der Waals surface area (Å²) in [4.78, 5) is 4.81. The monoisotopic (exact) mass is 327 g/mol. The lowest BCUT2D eigenvalue weighted by molar-refractivity contribution is 0.414. The molecule has 2 aromatic carbocycles. The van der Waals surface area contributed by atoms with Crippen LogP contribution < -0.4 is 10.1 Å². The number of benzene rings is 2. The van der Waals surface area contributed by atoms with Crippen molar-refractivity contribution in [2.75, 3.05) is 12.4 Å². The van der Waals surface area contributed by atoms with Crippen LogP contribution in [0.4, 0.5) is 5.69 Å². The number of para-hydroxylation sites is 1. The van der Waals surface area contributed by atoms with Gasteiger partial charge in [0.25, 0.3) is 0 Å². The van der Waals surface area contributed by atoms with Crippen molar-refractivity contribution < 1.29 is 4.74 Å². The van der Waals surface area contributed by atoms with Gasteiger partial charge in [-0.05, 0) is 36.2 Å². The van der Waals surface area contributed by atoms with E-state index in [9.17, 15) is 0 Å². The smallest absolute Gasteiger partial charge is 0.120 e. The summed E-state index contributed by atoms with van der Waals surface area (Å²) in [6, 6.07) is 17.1. The highest BCUT2D eigenvalue weighted by molar-refractivity contribution is 6.09. The Hall–Kier alpha value is -3.01. The lowest BCUT2D eigenvalue weighted by Crippen LogP contribution is -2.31. The maximum Gasteiger partial charge on any atom is 0.120 e. The molecule has 4 heteroatoms. The van der Waals surface area contributed by atoms with Crippen molar-refractivity contribution in [3.05, 3.63) is 66.0 Å².